The Bertz CT molecular complexity index is 2210. The molecule has 1 N–H and O–H groups in total. The van der Waals surface area contributed by atoms with Gasteiger partial charge in [-0.2, -0.15) is 0 Å². The smallest absolute Gasteiger partial charge is 0.193 e. The number of hydrogen-bond acceptors (Lipinski definition) is 9. The van der Waals surface area contributed by atoms with Gasteiger partial charge in [-0.1, -0.05) is 23.4 Å². The van der Waals surface area contributed by atoms with E-state index in [2.05, 4.69) is 10.3 Å². The minimum atomic E-state index is -0.610. The third-order valence-electron chi connectivity index (χ3n) is 8.00. The number of aromatic nitrogens is 3. The van der Waals surface area contributed by atoms with Crippen molar-refractivity contribution in [3.8, 4) is 28.6 Å². The van der Waals surface area contributed by atoms with Crippen LogP contribution in [-0.2, 0) is 17.7 Å². The highest BCUT2D eigenvalue weighted by molar-refractivity contribution is 6.08. The van der Waals surface area contributed by atoms with Crippen molar-refractivity contribution in [3.05, 3.63) is 142 Å². The Morgan fingerprint density at radius 3 is 2.35 bits per heavy atom. The number of aryl methyl sites for hydroxylation is 1. The molecule has 0 saturated carbocycles. The summed E-state index contributed by atoms with van der Waals surface area (Å²) in [5.41, 5.74) is 2.42. The van der Waals surface area contributed by atoms with Crippen LogP contribution < -0.4 is 14.9 Å². The van der Waals surface area contributed by atoms with E-state index in [1.54, 1.807) is 35.0 Å². The Morgan fingerprint density at radius 1 is 0.827 bits per heavy atom. The molecule has 0 bridgehead atoms. The molecule has 0 atom stereocenters. The first-order chi connectivity index (χ1) is 25.3. The number of carbonyl (C=O) groups excluding carboxylic acids is 1. The summed E-state index contributed by atoms with van der Waals surface area (Å²) in [7, 11) is 0. The molecule has 0 fully saturated rings. The van der Waals surface area contributed by atoms with Gasteiger partial charge in [-0.05, 0) is 97.6 Å². The van der Waals surface area contributed by atoms with E-state index in [0.29, 0.717) is 61.4 Å². The van der Waals surface area contributed by atoms with Crippen LogP contribution in [0.5, 0.6) is 17.2 Å². The summed E-state index contributed by atoms with van der Waals surface area (Å²) in [5, 5.41) is 18.4. The van der Waals surface area contributed by atoms with Crippen molar-refractivity contribution in [1.82, 2.24) is 15.0 Å². The zero-order valence-electron chi connectivity index (χ0n) is 28.0. The molecule has 12 heteroatoms. The molecule has 52 heavy (non-hydrogen) atoms. The predicted octanol–water partition coefficient (Wildman–Crippen LogP) is 7.43. The van der Waals surface area contributed by atoms with Crippen LogP contribution in [0.1, 0.15) is 34.5 Å². The van der Waals surface area contributed by atoms with Gasteiger partial charge in [0.2, 0.25) is 0 Å². The van der Waals surface area contributed by atoms with Crippen molar-refractivity contribution in [2.45, 2.75) is 25.8 Å². The molecule has 10 nitrogen and oxygen atoms in total. The molecule has 2 aromatic heterocycles. The maximum Gasteiger partial charge on any atom is 0.193 e. The number of phenols is 1. The van der Waals surface area contributed by atoms with Crippen molar-refractivity contribution in [2.75, 3.05) is 26.4 Å². The third kappa shape index (κ3) is 9.76. The van der Waals surface area contributed by atoms with E-state index in [1.807, 2.05) is 30.5 Å². The molecule has 0 aliphatic carbocycles. The van der Waals surface area contributed by atoms with Crippen LogP contribution >= 0.6 is 0 Å². The number of hydrogen-bond donors (Lipinski definition) is 1. The lowest BCUT2D eigenvalue weighted by molar-refractivity contribution is 0.0923. The molecule has 0 radical (unpaired) electrons. The minimum Gasteiger partial charge on any atom is -0.507 e. The van der Waals surface area contributed by atoms with Crippen molar-refractivity contribution in [3.63, 3.8) is 0 Å². The van der Waals surface area contributed by atoms with E-state index < -0.39 is 23.2 Å². The van der Waals surface area contributed by atoms with Crippen LogP contribution in [0.2, 0.25) is 0 Å². The molecule has 6 aromatic rings. The van der Waals surface area contributed by atoms with Gasteiger partial charge in [-0.3, -0.25) is 9.59 Å². The summed E-state index contributed by atoms with van der Waals surface area (Å²) in [4.78, 5) is 24.7. The van der Waals surface area contributed by atoms with Crippen molar-refractivity contribution in [1.29, 1.82) is 0 Å². The highest BCUT2D eigenvalue weighted by atomic mass is 19.1. The summed E-state index contributed by atoms with van der Waals surface area (Å²) < 4.78 is 51.5. The molecule has 0 aliphatic heterocycles. The number of rotatable bonds is 17. The number of unbranched alkanes of at least 4 members (excludes halogenated alkanes) is 1. The van der Waals surface area contributed by atoms with Crippen LogP contribution in [0.25, 0.3) is 28.4 Å². The summed E-state index contributed by atoms with van der Waals surface area (Å²) >= 11 is 0. The van der Waals surface area contributed by atoms with Crippen LogP contribution in [0.3, 0.4) is 0 Å². The molecule has 6 rings (SSSR count). The Hall–Kier alpha value is -6.14. The molecule has 0 saturated heterocycles. The molecule has 4 aromatic carbocycles. The van der Waals surface area contributed by atoms with Gasteiger partial charge in [0.15, 0.2) is 11.2 Å². The van der Waals surface area contributed by atoms with Gasteiger partial charge in [-0.15, -0.1) is 5.10 Å². The molecule has 0 unspecified atom stereocenters. The zero-order valence-corrected chi connectivity index (χ0v) is 28.0. The number of halogens is 2. The fourth-order valence-corrected chi connectivity index (χ4v) is 5.28. The first kappa shape index (κ1) is 35.7. The van der Waals surface area contributed by atoms with E-state index in [4.69, 9.17) is 18.6 Å². The number of aromatic hydroxyl groups is 1. The van der Waals surface area contributed by atoms with Crippen molar-refractivity contribution < 1.29 is 37.3 Å². The second kappa shape index (κ2) is 17.2. The highest BCUT2D eigenvalue weighted by Gasteiger charge is 2.10. The fraction of sp³-hybridized carbons (Fsp3) is 0.200. The maximum atomic E-state index is 13.5. The SMILES string of the molecule is O=C(/C=C/c1ccc(OCCCCc2cn(CCOCCOc3ccc(-c4cc(=O)c5cc(F)ccc5o4)cc3)nn2)cc1)c1ccc(F)cc1O. The van der Waals surface area contributed by atoms with E-state index >= 15 is 0 Å². The third-order valence-corrected chi connectivity index (χ3v) is 8.00. The Morgan fingerprint density at radius 2 is 1.56 bits per heavy atom. The molecule has 0 aliphatic rings. The lowest BCUT2D eigenvalue weighted by Crippen LogP contribution is -2.11. The summed E-state index contributed by atoms with van der Waals surface area (Å²) in [6.45, 7) is 2.29. The van der Waals surface area contributed by atoms with Gasteiger partial charge in [0.05, 0.1) is 43.0 Å². The zero-order chi connectivity index (χ0) is 36.3. The minimum absolute atomic E-state index is 0.0357. The van der Waals surface area contributed by atoms with Gasteiger partial charge in [0.25, 0.3) is 0 Å². The average molecular weight is 708 g/mol. The van der Waals surface area contributed by atoms with E-state index in [9.17, 15) is 23.5 Å². The number of benzene rings is 4. The number of carbonyl (C=O) groups is 1. The van der Waals surface area contributed by atoms with Gasteiger partial charge in [-0.25, -0.2) is 13.5 Å². The highest BCUT2D eigenvalue weighted by Crippen LogP contribution is 2.25. The van der Waals surface area contributed by atoms with Gasteiger partial charge in [0.1, 0.15) is 46.8 Å². The Balaban J connectivity index is 0.828. The number of fused-ring (bicyclic) bond motifs is 1. The molecular formula is C40H35F2N3O7. The normalized spacial score (nSPS) is 11.3. The second-order valence-electron chi connectivity index (χ2n) is 11.8. The maximum absolute atomic E-state index is 13.5. The lowest BCUT2D eigenvalue weighted by Gasteiger charge is -2.08. The van der Waals surface area contributed by atoms with Gasteiger partial charge >= 0.3 is 0 Å². The van der Waals surface area contributed by atoms with E-state index in [1.165, 1.54) is 36.4 Å². The number of ether oxygens (including phenoxy) is 3. The second-order valence-corrected chi connectivity index (χ2v) is 11.8. The summed E-state index contributed by atoms with van der Waals surface area (Å²) in [6, 6.07) is 22.9. The fourth-order valence-electron chi connectivity index (χ4n) is 5.28. The lowest BCUT2D eigenvalue weighted by atomic mass is 10.1. The molecule has 0 amide bonds. The topological polar surface area (TPSA) is 126 Å². The van der Waals surface area contributed by atoms with Crippen LogP contribution in [0.4, 0.5) is 8.78 Å². The summed E-state index contributed by atoms with van der Waals surface area (Å²) in [5.74, 6) is -0.171. The number of nitrogens with zero attached hydrogens (tertiary/aromatic N) is 3. The van der Waals surface area contributed by atoms with Crippen LogP contribution in [0.15, 0.2) is 112 Å². The Kier molecular flexibility index (Phi) is 11.8. The first-order valence-corrected chi connectivity index (χ1v) is 16.7. The largest absolute Gasteiger partial charge is 0.507 e. The molecule has 266 valence electrons. The number of ketones is 1. The summed E-state index contributed by atoms with van der Waals surface area (Å²) in [6.07, 6.45) is 7.34. The molecular weight excluding hydrogens is 672 g/mol. The first-order valence-electron chi connectivity index (χ1n) is 16.7. The van der Waals surface area contributed by atoms with Crippen LogP contribution in [-0.4, -0.2) is 52.3 Å². The average Bonchev–Trinajstić information content (AvgIpc) is 3.60. The van der Waals surface area contributed by atoms with Crippen molar-refractivity contribution in [2.24, 2.45) is 0 Å². The standard InChI is InChI=1S/C40H35F2N3O7/c41-29-10-17-39-35(23-29)38(48)25-40(52-39)28-7-13-33(14-8-28)51-22-21-49-20-18-45-26-31(43-44-45)3-1-2-19-50-32-11-4-27(5-12-32)6-16-36(46)34-15-9-30(42)24-37(34)47/h4-17,23-26,47H,1-3,18-22H2/b16-6+. The van der Waals surface area contributed by atoms with E-state index in [-0.39, 0.29) is 16.4 Å². The van der Waals surface area contributed by atoms with E-state index in [0.717, 1.165) is 42.7 Å². The number of allylic oxidation sites excluding steroid dienone is 1. The monoisotopic (exact) mass is 707 g/mol. The quantitative estimate of drug-likeness (QED) is 0.0585. The van der Waals surface area contributed by atoms with Crippen LogP contribution in [0, 0.1) is 11.6 Å². The van der Waals surface area contributed by atoms with Gasteiger partial charge < -0.3 is 23.7 Å². The number of phenolic OH excluding ortho intramolecular Hbond substituents is 1. The predicted molar refractivity (Wildman–Crippen MR) is 191 cm³/mol. The molecule has 0 spiro atoms. The van der Waals surface area contributed by atoms with Gasteiger partial charge in [0, 0.05) is 23.9 Å². The Labute approximate surface area is 297 Å². The molecule has 2 heterocycles. The van der Waals surface area contributed by atoms with Crippen molar-refractivity contribution >= 4 is 22.8 Å².